The Kier molecular flexibility index (Phi) is 7.63. The van der Waals surface area contributed by atoms with Gasteiger partial charge >= 0.3 is 18.1 Å². The summed E-state index contributed by atoms with van der Waals surface area (Å²) in [6.45, 7) is 3.25. The molecule has 0 spiro atoms. The Morgan fingerprint density at radius 2 is 1.76 bits per heavy atom. The second kappa shape index (κ2) is 9.22. The number of hydrogen-bond donors (Lipinski definition) is 1. The van der Waals surface area contributed by atoms with E-state index in [0.717, 1.165) is 12.1 Å². The number of halogens is 3. The quantitative estimate of drug-likeness (QED) is 0.643. The average Bonchev–Trinajstić information content (AvgIpc) is 2.51. The fraction of sp³-hybridized carbons (Fsp3) is 0.412. The minimum atomic E-state index is -4.21. The van der Waals surface area contributed by atoms with Gasteiger partial charge in [-0.3, -0.25) is 4.79 Å². The predicted molar refractivity (Wildman–Crippen MR) is 82.7 cm³/mol. The topological polar surface area (TPSA) is 72.8 Å². The molecule has 0 bridgehead atoms. The molecule has 1 saturated carbocycles. The molecule has 0 heterocycles. The second-order valence-electron chi connectivity index (χ2n) is 5.39. The summed E-state index contributed by atoms with van der Waals surface area (Å²) in [5.74, 6) is -1.71. The van der Waals surface area contributed by atoms with Crippen LogP contribution in [0.4, 0.5) is 13.2 Å². The number of ether oxygens (including phenoxy) is 2. The largest absolute Gasteiger partial charge is 0.478 e. The molecular weight excluding hydrogens is 341 g/mol. The van der Waals surface area contributed by atoms with Gasteiger partial charge in [-0.2, -0.15) is 13.2 Å². The van der Waals surface area contributed by atoms with Crippen molar-refractivity contribution in [2.45, 2.75) is 37.6 Å². The van der Waals surface area contributed by atoms with Gasteiger partial charge in [-0.1, -0.05) is 36.9 Å². The molecule has 8 heteroatoms. The molecule has 0 amide bonds. The molecule has 0 aromatic heterocycles. The number of alkyl halides is 3. The van der Waals surface area contributed by atoms with Crippen LogP contribution in [-0.4, -0.2) is 36.4 Å². The number of methoxy groups -OCH3 is 1. The van der Waals surface area contributed by atoms with Crippen LogP contribution in [0.15, 0.2) is 42.5 Å². The number of benzene rings is 1. The first-order chi connectivity index (χ1) is 11.6. The summed E-state index contributed by atoms with van der Waals surface area (Å²) in [4.78, 5) is 21.5. The summed E-state index contributed by atoms with van der Waals surface area (Å²) in [6, 6.07) is 6.36. The maximum Gasteiger partial charge on any atom is 0.416 e. The molecule has 5 nitrogen and oxygen atoms in total. The van der Waals surface area contributed by atoms with Crippen LogP contribution < -0.4 is 0 Å². The molecule has 1 aromatic rings. The average molecular weight is 360 g/mol. The third-order valence-corrected chi connectivity index (χ3v) is 3.44. The molecule has 1 N–H and O–H groups in total. The van der Waals surface area contributed by atoms with Crippen LogP contribution in [0.25, 0.3) is 0 Å². The highest BCUT2D eigenvalue weighted by Crippen LogP contribution is 2.28. The van der Waals surface area contributed by atoms with Crippen LogP contribution in [0.2, 0.25) is 0 Å². The number of carbonyl (C=O) groups is 2. The van der Waals surface area contributed by atoms with Crippen LogP contribution in [0.1, 0.15) is 24.8 Å². The van der Waals surface area contributed by atoms with Crippen molar-refractivity contribution in [3.05, 3.63) is 48.0 Å². The second-order valence-corrected chi connectivity index (χ2v) is 5.39. The summed E-state index contributed by atoms with van der Waals surface area (Å²) < 4.78 is 45.4. The molecule has 2 rings (SSSR count). The van der Waals surface area contributed by atoms with Crippen LogP contribution in [0.5, 0.6) is 0 Å². The minimum absolute atomic E-state index is 0.135. The van der Waals surface area contributed by atoms with Crippen LogP contribution in [-0.2, 0) is 25.2 Å². The number of carboxylic acid groups (broad SMARTS) is 1. The molecule has 25 heavy (non-hydrogen) atoms. The lowest BCUT2D eigenvalue weighted by molar-refractivity contribution is -0.160. The van der Waals surface area contributed by atoms with E-state index in [4.69, 9.17) is 14.6 Å². The Balaban J connectivity index is 0.000000271. The lowest BCUT2D eigenvalue weighted by Crippen LogP contribution is -2.38. The van der Waals surface area contributed by atoms with Crippen molar-refractivity contribution in [3.63, 3.8) is 0 Å². The molecule has 0 aliphatic heterocycles. The standard InChI is InChI=1S/C10H14O5.C7H5F3/c1-6(10(12)13)3-9(11)15-8-4-7(5-8)14-2;8-7(9,10)6-4-2-1-3-5-6/h7-8H,1,3-5H2,2H3,(H,12,13);1-5H. The van der Waals surface area contributed by atoms with E-state index in [9.17, 15) is 22.8 Å². The Hall–Kier alpha value is -2.35. The van der Waals surface area contributed by atoms with Crippen LogP contribution in [0.3, 0.4) is 0 Å². The number of hydrogen-bond acceptors (Lipinski definition) is 4. The van der Waals surface area contributed by atoms with Crippen molar-refractivity contribution in [2.24, 2.45) is 0 Å². The van der Waals surface area contributed by atoms with Gasteiger partial charge in [0.05, 0.1) is 18.1 Å². The van der Waals surface area contributed by atoms with Crippen molar-refractivity contribution in [1.29, 1.82) is 0 Å². The Morgan fingerprint density at radius 1 is 1.20 bits per heavy atom. The molecule has 1 fully saturated rings. The third-order valence-electron chi connectivity index (χ3n) is 3.44. The molecule has 1 aliphatic rings. The molecule has 1 aromatic carbocycles. The van der Waals surface area contributed by atoms with Gasteiger partial charge in [0, 0.05) is 25.5 Å². The van der Waals surface area contributed by atoms with Gasteiger partial charge in [0.25, 0.3) is 0 Å². The maximum atomic E-state index is 11.8. The van der Waals surface area contributed by atoms with Crippen LogP contribution in [0, 0.1) is 0 Å². The highest BCUT2D eigenvalue weighted by Gasteiger charge is 2.32. The Bertz CT molecular complexity index is 592. The van der Waals surface area contributed by atoms with E-state index in [2.05, 4.69) is 6.58 Å². The van der Waals surface area contributed by atoms with Gasteiger partial charge in [0.1, 0.15) is 6.10 Å². The fourth-order valence-electron chi connectivity index (χ4n) is 1.91. The Labute approximate surface area is 143 Å². The molecule has 138 valence electrons. The zero-order valence-corrected chi connectivity index (χ0v) is 13.6. The summed E-state index contributed by atoms with van der Waals surface area (Å²) in [5.41, 5.74) is -0.752. The molecule has 1 aliphatic carbocycles. The van der Waals surface area contributed by atoms with E-state index >= 15 is 0 Å². The monoisotopic (exact) mass is 360 g/mol. The summed E-state index contributed by atoms with van der Waals surface area (Å²) in [6.07, 6.45) is -3.08. The zero-order valence-electron chi connectivity index (χ0n) is 13.6. The van der Waals surface area contributed by atoms with Crippen molar-refractivity contribution in [2.75, 3.05) is 7.11 Å². The van der Waals surface area contributed by atoms with E-state index in [1.807, 2.05) is 0 Å². The number of carboxylic acids is 1. The third kappa shape index (κ3) is 7.38. The van der Waals surface area contributed by atoms with Gasteiger partial charge in [-0.15, -0.1) is 0 Å². The van der Waals surface area contributed by atoms with Gasteiger partial charge < -0.3 is 14.6 Å². The highest BCUT2D eigenvalue weighted by atomic mass is 19.4. The fourth-order valence-corrected chi connectivity index (χ4v) is 1.91. The van der Waals surface area contributed by atoms with Crippen molar-refractivity contribution >= 4 is 11.9 Å². The van der Waals surface area contributed by atoms with Crippen LogP contribution >= 0.6 is 0 Å². The first kappa shape index (κ1) is 20.7. The molecule has 0 atom stereocenters. The summed E-state index contributed by atoms with van der Waals surface area (Å²) >= 11 is 0. The van der Waals surface area contributed by atoms with E-state index in [-0.39, 0.29) is 24.2 Å². The maximum absolute atomic E-state index is 11.8. The number of aliphatic carboxylic acids is 1. The lowest BCUT2D eigenvalue weighted by atomic mass is 9.92. The van der Waals surface area contributed by atoms with Crippen molar-refractivity contribution < 1.29 is 37.3 Å². The number of esters is 1. The summed E-state index contributed by atoms with van der Waals surface area (Å²) in [7, 11) is 1.61. The van der Waals surface area contributed by atoms with E-state index in [1.165, 1.54) is 12.1 Å². The van der Waals surface area contributed by atoms with E-state index in [0.29, 0.717) is 12.8 Å². The van der Waals surface area contributed by atoms with Gasteiger partial charge in [0.15, 0.2) is 0 Å². The lowest BCUT2D eigenvalue weighted by Gasteiger charge is -2.33. The number of rotatable bonds is 5. The normalized spacial score (nSPS) is 19.0. The smallest absolute Gasteiger partial charge is 0.416 e. The molecule has 0 saturated heterocycles. The van der Waals surface area contributed by atoms with E-state index < -0.39 is 23.7 Å². The van der Waals surface area contributed by atoms with Gasteiger partial charge in [-0.05, 0) is 0 Å². The van der Waals surface area contributed by atoms with Crippen molar-refractivity contribution in [1.82, 2.24) is 0 Å². The Morgan fingerprint density at radius 3 is 2.16 bits per heavy atom. The highest BCUT2D eigenvalue weighted by molar-refractivity contribution is 5.91. The number of carbonyl (C=O) groups excluding carboxylic acids is 1. The molecule has 0 unspecified atom stereocenters. The van der Waals surface area contributed by atoms with Gasteiger partial charge in [-0.25, -0.2) is 4.79 Å². The molecular formula is C17H19F3O5. The minimum Gasteiger partial charge on any atom is -0.478 e. The van der Waals surface area contributed by atoms with Crippen molar-refractivity contribution in [3.8, 4) is 0 Å². The first-order valence-corrected chi connectivity index (χ1v) is 7.39. The predicted octanol–water partition coefficient (Wildman–Crippen LogP) is 3.44. The summed E-state index contributed by atoms with van der Waals surface area (Å²) in [5, 5.41) is 8.49. The SMILES string of the molecule is C=C(CC(=O)OC1CC(OC)C1)C(=O)O.FC(F)(F)c1ccccc1. The first-order valence-electron chi connectivity index (χ1n) is 7.39. The van der Waals surface area contributed by atoms with E-state index in [1.54, 1.807) is 13.2 Å². The zero-order chi connectivity index (χ0) is 19.0. The molecule has 0 radical (unpaired) electrons. The van der Waals surface area contributed by atoms with Gasteiger partial charge in [0.2, 0.25) is 0 Å².